The van der Waals surface area contributed by atoms with Gasteiger partial charge < -0.3 is 15.4 Å². The van der Waals surface area contributed by atoms with Crippen LogP contribution in [-0.4, -0.2) is 52.9 Å². The molecule has 2 aromatic rings. The number of nitrogens with two attached hydrogens (primary N) is 1. The third-order valence-corrected chi connectivity index (χ3v) is 2.64. The fourth-order valence-electron chi connectivity index (χ4n) is 1.90. The third kappa shape index (κ3) is 2.57. The highest BCUT2D eigenvalue weighted by Gasteiger charge is 2.12. The number of methoxy groups -OCH3 is 1. The van der Waals surface area contributed by atoms with Crippen molar-refractivity contribution in [3.63, 3.8) is 0 Å². The molecule has 2 rings (SSSR count). The lowest BCUT2D eigenvalue weighted by Gasteiger charge is -2.23. The summed E-state index contributed by atoms with van der Waals surface area (Å²) in [7, 11) is 3.61. The lowest BCUT2D eigenvalue weighted by molar-refractivity contribution is 0.181. The Kier molecular flexibility index (Phi) is 3.73. The topological polar surface area (TPSA) is 81.6 Å². The van der Waals surface area contributed by atoms with Crippen LogP contribution in [0.2, 0.25) is 0 Å². The van der Waals surface area contributed by atoms with Gasteiger partial charge in [-0.2, -0.15) is 14.6 Å². The molecule has 0 spiro atoms. The second kappa shape index (κ2) is 5.28. The lowest BCUT2D eigenvalue weighted by atomic mass is 10.3. The van der Waals surface area contributed by atoms with Crippen LogP contribution >= 0.6 is 0 Å². The molecule has 0 aliphatic heterocycles. The van der Waals surface area contributed by atoms with Crippen LogP contribution in [0.15, 0.2) is 12.4 Å². The molecule has 0 saturated carbocycles. The van der Waals surface area contributed by atoms with Gasteiger partial charge in [0.15, 0.2) is 0 Å². The van der Waals surface area contributed by atoms with Gasteiger partial charge >= 0.3 is 0 Å². The number of nitrogens with zero attached hydrogens (tertiary/aromatic N) is 5. The number of aromatic nitrogens is 4. The number of rotatable bonds is 5. The molecule has 2 N–H and O–H groups in total. The largest absolute Gasteiger partial charge is 0.383 e. The molecule has 0 aromatic carbocycles. The molecule has 98 valence electrons. The Morgan fingerprint density at radius 2 is 2.33 bits per heavy atom. The molecular weight excluding hydrogens is 232 g/mol. The minimum atomic E-state index is -0.0490. The van der Waals surface area contributed by atoms with Crippen LogP contribution in [0.5, 0.6) is 0 Å². The molecule has 0 amide bonds. The van der Waals surface area contributed by atoms with Gasteiger partial charge in [0.2, 0.25) is 0 Å². The third-order valence-electron chi connectivity index (χ3n) is 2.64. The predicted octanol–water partition coefficient (Wildman–Crippen LogP) is -0.157. The summed E-state index contributed by atoms with van der Waals surface area (Å²) in [6, 6.07) is 1.91. The first-order chi connectivity index (χ1) is 8.61. The van der Waals surface area contributed by atoms with Crippen molar-refractivity contribution >= 4 is 11.6 Å². The van der Waals surface area contributed by atoms with E-state index in [1.54, 1.807) is 11.6 Å². The lowest BCUT2D eigenvalue weighted by Crippen LogP contribution is -2.39. The van der Waals surface area contributed by atoms with Crippen molar-refractivity contribution in [3.05, 3.63) is 18.1 Å². The Bertz CT molecular complexity index is 525. The molecule has 2 aromatic heterocycles. The fraction of sp³-hybridized carbons (Fsp3) is 0.545. The number of likely N-dealkylation sites (N-methyl/N-ethyl adjacent to an activating group) is 1. The normalized spacial score (nSPS) is 12.9. The van der Waals surface area contributed by atoms with Gasteiger partial charge in [-0.3, -0.25) is 0 Å². The average Bonchev–Trinajstić information content (AvgIpc) is 2.75. The van der Waals surface area contributed by atoms with E-state index in [4.69, 9.17) is 10.5 Å². The van der Waals surface area contributed by atoms with Crippen LogP contribution in [0.3, 0.4) is 0 Å². The second-order valence-corrected chi connectivity index (χ2v) is 4.32. The molecule has 0 saturated heterocycles. The van der Waals surface area contributed by atoms with Crippen molar-refractivity contribution in [1.82, 2.24) is 19.6 Å². The zero-order chi connectivity index (χ0) is 13.1. The molecule has 0 aliphatic carbocycles. The molecule has 0 radical (unpaired) electrons. The van der Waals surface area contributed by atoms with Gasteiger partial charge in [-0.1, -0.05) is 0 Å². The summed E-state index contributed by atoms with van der Waals surface area (Å²) in [4.78, 5) is 10.4. The molecule has 0 bridgehead atoms. The van der Waals surface area contributed by atoms with E-state index in [9.17, 15) is 0 Å². The van der Waals surface area contributed by atoms with Crippen molar-refractivity contribution < 1.29 is 4.74 Å². The van der Waals surface area contributed by atoms with E-state index in [1.165, 1.54) is 6.33 Å². The number of hydrogen-bond donors (Lipinski definition) is 1. The Labute approximate surface area is 106 Å². The highest BCUT2D eigenvalue weighted by Crippen LogP contribution is 2.14. The van der Waals surface area contributed by atoms with Crippen LogP contribution in [0.1, 0.15) is 5.69 Å². The molecule has 18 heavy (non-hydrogen) atoms. The van der Waals surface area contributed by atoms with Crippen LogP contribution in [0, 0.1) is 6.92 Å². The van der Waals surface area contributed by atoms with Crippen LogP contribution in [0.25, 0.3) is 5.78 Å². The summed E-state index contributed by atoms with van der Waals surface area (Å²) in [6.07, 6.45) is 1.49. The number of ether oxygens (including phenoxy) is 1. The van der Waals surface area contributed by atoms with Crippen LogP contribution in [-0.2, 0) is 4.74 Å². The number of anilines is 1. The first-order valence-electron chi connectivity index (χ1n) is 5.75. The molecule has 0 aliphatic rings. The molecule has 1 unspecified atom stereocenters. The summed E-state index contributed by atoms with van der Waals surface area (Å²) in [5.41, 5.74) is 6.85. The quantitative estimate of drug-likeness (QED) is 0.794. The molecular formula is C11H18N6O. The fourth-order valence-corrected chi connectivity index (χ4v) is 1.90. The van der Waals surface area contributed by atoms with Crippen molar-refractivity contribution in [2.24, 2.45) is 5.73 Å². The monoisotopic (exact) mass is 250 g/mol. The Balaban J connectivity index is 2.26. The van der Waals surface area contributed by atoms with Crippen LogP contribution in [0.4, 0.5) is 5.82 Å². The summed E-state index contributed by atoms with van der Waals surface area (Å²) in [6.45, 7) is 3.13. The number of fused-ring (bicyclic) bond motifs is 1. The number of aryl methyl sites for hydroxylation is 1. The maximum Gasteiger partial charge on any atom is 0.254 e. The minimum absolute atomic E-state index is 0.0490. The first kappa shape index (κ1) is 12.7. The molecule has 7 nitrogen and oxygen atoms in total. The maximum absolute atomic E-state index is 5.95. The number of hydrogen-bond acceptors (Lipinski definition) is 6. The van der Waals surface area contributed by atoms with E-state index < -0.39 is 0 Å². The SMILES string of the molecule is COCC(N)CN(C)c1cc(C)nc2ncnn12. The molecule has 7 heteroatoms. The van der Waals surface area contributed by atoms with Gasteiger partial charge in [0.25, 0.3) is 5.78 Å². The van der Waals surface area contributed by atoms with E-state index in [0.29, 0.717) is 18.9 Å². The Morgan fingerprint density at radius 3 is 3.06 bits per heavy atom. The highest BCUT2D eigenvalue weighted by molar-refractivity contribution is 5.46. The average molecular weight is 250 g/mol. The molecule has 1 atom stereocenters. The van der Waals surface area contributed by atoms with Crippen molar-refractivity contribution in [1.29, 1.82) is 0 Å². The van der Waals surface area contributed by atoms with Gasteiger partial charge in [-0.15, -0.1) is 0 Å². The van der Waals surface area contributed by atoms with Gasteiger partial charge in [0, 0.05) is 38.5 Å². The molecule has 0 fully saturated rings. The standard InChI is InChI=1S/C11H18N6O/c1-8-4-10(16(2)5-9(12)6-18-3)17-11(15-8)13-7-14-17/h4,7,9H,5-6,12H2,1-3H3. The zero-order valence-electron chi connectivity index (χ0n) is 10.9. The summed E-state index contributed by atoms with van der Waals surface area (Å²) in [5.74, 6) is 1.51. The van der Waals surface area contributed by atoms with Crippen LogP contribution < -0.4 is 10.6 Å². The maximum atomic E-state index is 5.95. The summed E-state index contributed by atoms with van der Waals surface area (Å²) >= 11 is 0. The second-order valence-electron chi connectivity index (χ2n) is 4.32. The van der Waals surface area contributed by atoms with E-state index in [1.807, 2.05) is 24.9 Å². The van der Waals surface area contributed by atoms with E-state index >= 15 is 0 Å². The van der Waals surface area contributed by atoms with E-state index in [0.717, 1.165) is 11.5 Å². The van der Waals surface area contributed by atoms with Gasteiger partial charge in [0.1, 0.15) is 12.1 Å². The van der Waals surface area contributed by atoms with E-state index in [-0.39, 0.29) is 6.04 Å². The van der Waals surface area contributed by atoms with Crippen molar-refractivity contribution in [3.8, 4) is 0 Å². The van der Waals surface area contributed by atoms with Gasteiger partial charge in [0.05, 0.1) is 6.61 Å². The first-order valence-corrected chi connectivity index (χ1v) is 5.75. The van der Waals surface area contributed by atoms with Crippen molar-refractivity contribution in [2.45, 2.75) is 13.0 Å². The summed E-state index contributed by atoms with van der Waals surface area (Å²) in [5, 5.41) is 4.16. The van der Waals surface area contributed by atoms with E-state index in [2.05, 4.69) is 15.1 Å². The zero-order valence-corrected chi connectivity index (χ0v) is 10.9. The predicted molar refractivity (Wildman–Crippen MR) is 68.6 cm³/mol. The van der Waals surface area contributed by atoms with Crippen molar-refractivity contribution in [2.75, 3.05) is 32.2 Å². The van der Waals surface area contributed by atoms with Gasteiger partial charge in [-0.25, -0.2) is 4.98 Å². The highest BCUT2D eigenvalue weighted by atomic mass is 16.5. The smallest absolute Gasteiger partial charge is 0.254 e. The Morgan fingerprint density at radius 1 is 1.56 bits per heavy atom. The molecule has 2 heterocycles. The summed E-state index contributed by atoms with van der Waals surface area (Å²) < 4.78 is 6.74. The minimum Gasteiger partial charge on any atom is -0.383 e. The van der Waals surface area contributed by atoms with Gasteiger partial charge in [-0.05, 0) is 6.92 Å². The Hall–Kier alpha value is -1.73.